The third kappa shape index (κ3) is 4.54. The van der Waals surface area contributed by atoms with Gasteiger partial charge in [0.1, 0.15) is 11.3 Å². The molecule has 1 aliphatic rings. The highest BCUT2D eigenvalue weighted by atomic mass is 16.6. The second-order valence-corrected chi connectivity index (χ2v) is 9.29. The van der Waals surface area contributed by atoms with Crippen LogP contribution in [0.15, 0.2) is 18.6 Å². The molecule has 8 nitrogen and oxygen atoms in total. The molecule has 0 spiro atoms. The van der Waals surface area contributed by atoms with E-state index in [0.717, 1.165) is 0 Å². The van der Waals surface area contributed by atoms with Gasteiger partial charge in [0.05, 0.1) is 23.9 Å². The summed E-state index contributed by atoms with van der Waals surface area (Å²) in [6, 6.07) is 0. The van der Waals surface area contributed by atoms with Gasteiger partial charge in [0, 0.05) is 31.0 Å². The minimum absolute atomic E-state index is 0.0914. The highest BCUT2D eigenvalue weighted by molar-refractivity contribution is 5.92. The van der Waals surface area contributed by atoms with Gasteiger partial charge in [-0.15, -0.1) is 0 Å². The van der Waals surface area contributed by atoms with Crippen molar-refractivity contribution in [2.75, 3.05) is 19.7 Å². The van der Waals surface area contributed by atoms with E-state index in [1.165, 1.54) is 0 Å². The first kappa shape index (κ1) is 23.1. The molecule has 3 heterocycles. The van der Waals surface area contributed by atoms with Crippen molar-refractivity contribution in [2.24, 2.45) is 5.92 Å². The normalized spacial score (nSPS) is 17.5. The van der Waals surface area contributed by atoms with Crippen molar-refractivity contribution in [1.29, 1.82) is 0 Å². The molecular formula is C23H33N3O5. The summed E-state index contributed by atoms with van der Waals surface area (Å²) in [6.07, 6.45) is 5.89. The summed E-state index contributed by atoms with van der Waals surface area (Å²) in [7, 11) is 0. The lowest BCUT2D eigenvalue weighted by Crippen LogP contribution is -2.46. The fraction of sp³-hybridized carbons (Fsp3) is 0.609. The largest absolute Gasteiger partial charge is 0.461 e. The van der Waals surface area contributed by atoms with Gasteiger partial charge in [0.25, 0.3) is 0 Å². The number of carbonyl (C=O) groups excluding carboxylic acids is 2. The van der Waals surface area contributed by atoms with E-state index < -0.39 is 17.2 Å². The molecule has 2 aromatic rings. The Bertz CT molecular complexity index is 965. The molecule has 8 heteroatoms. The summed E-state index contributed by atoms with van der Waals surface area (Å²) in [4.78, 5) is 30.9. The number of esters is 1. The van der Waals surface area contributed by atoms with Crippen LogP contribution in [0.25, 0.3) is 5.52 Å². The fourth-order valence-corrected chi connectivity index (χ4v) is 4.48. The lowest BCUT2D eigenvalue weighted by Gasteiger charge is -2.40. The number of hydrogen-bond donors (Lipinski definition) is 1. The van der Waals surface area contributed by atoms with Crippen molar-refractivity contribution in [3.63, 3.8) is 0 Å². The summed E-state index contributed by atoms with van der Waals surface area (Å²) >= 11 is 0. The van der Waals surface area contributed by atoms with Crippen LogP contribution in [-0.2, 0) is 15.1 Å². The zero-order valence-electron chi connectivity index (χ0n) is 19.3. The molecule has 1 amide bonds. The van der Waals surface area contributed by atoms with E-state index in [2.05, 4.69) is 4.98 Å². The molecule has 1 aliphatic heterocycles. The van der Waals surface area contributed by atoms with E-state index in [1.807, 2.05) is 27.7 Å². The first-order valence-corrected chi connectivity index (χ1v) is 10.8. The Morgan fingerprint density at radius 2 is 1.87 bits per heavy atom. The van der Waals surface area contributed by atoms with Crippen molar-refractivity contribution in [1.82, 2.24) is 14.3 Å². The molecule has 0 bridgehead atoms. The topological polar surface area (TPSA) is 93.4 Å². The van der Waals surface area contributed by atoms with Gasteiger partial charge in [0.15, 0.2) is 0 Å². The van der Waals surface area contributed by atoms with E-state index in [-0.39, 0.29) is 18.6 Å². The number of aliphatic hydroxyl groups is 1. The van der Waals surface area contributed by atoms with Gasteiger partial charge in [-0.2, -0.15) is 0 Å². The molecular weight excluding hydrogens is 398 g/mol. The predicted molar refractivity (Wildman–Crippen MR) is 116 cm³/mol. The number of aromatic nitrogens is 2. The van der Waals surface area contributed by atoms with Crippen LogP contribution >= 0.6 is 0 Å². The Balaban J connectivity index is 1.89. The highest BCUT2D eigenvalue weighted by Gasteiger charge is 2.41. The lowest BCUT2D eigenvalue weighted by molar-refractivity contribution is -0.0378. The van der Waals surface area contributed by atoms with Crippen LogP contribution in [0.4, 0.5) is 4.79 Å². The van der Waals surface area contributed by atoms with Crippen molar-refractivity contribution in [3.8, 4) is 0 Å². The van der Waals surface area contributed by atoms with Crippen molar-refractivity contribution < 1.29 is 24.2 Å². The summed E-state index contributed by atoms with van der Waals surface area (Å²) in [6.45, 7) is 12.2. The second kappa shape index (κ2) is 8.49. The zero-order chi connectivity index (χ0) is 23.0. The van der Waals surface area contributed by atoms with Gasteiger partial charge in [-0.05, 0) is 65.9 Å². The number of ether oxygens (including phenoxy) is 2. The summed E-state index contributed by atoms with van der Waals surface area (Å²) in [5.41, 5.74) is 0.704. The SMILES string of the molecule is CCOC(=O)c1c(C)c(C(C)(O)C2CCN(C(=O)OC(C)(C)C)CC2)c2cnccn12. The number of likely N-dealkylation sites (tertiary alicyclic amines) is 1. The number of amides is 1. The maximum atomic E-state index is 12.6. The molecule has 1 atom stereocenters. The van der Waals surface area contributed by atoms with E-state index in [9.17, 15) is 14.7 Å². The smallest absolute Gasteiger partial charge is 0.410 e. The number of piperidine rings is 1. The molecule has 3 rings (SSSR count). The number of rotatable bonds is 4. The maximum Gasteiger partial charge on any atom is 0.410 e. The number of nitrogens with zero attached hydrogens (tertiary/aromatic N) is 3. The van der Waals surface area contributed by atoms with Gasteiger partial charge in [-0.25, -0.2) is 9.59 Å². The minimum Gasteiger partial charge on any atom is -0.461 e. The first-order valence-electron chi connectivity index (χ1n) is 10.8. The highest BCUT2D eigenvalue weighted by Crippen LogP contribution is 2.41. The quantitative estimate of drug-likeness (QED) is 0.743. The van der Waals surface area contributed by atoms with Crippen LogP contribution in [0.5, 0.6) is 0 Å². The molecule has 0 radical (unpaired) electrons. The number of fused-ring (bicyclic) bond motifs is 1. The van der Waals surface area contributed by atoms with Crippen LogP contribution < -0.4 is 0 Å². The summed E-state index contributed by atoms with van der Waals surface area (Å²) < 4.78 is 12.5. The number of hydrogen-bond acceptors (Lipinski definition) is 6. The first-order chi connectivity index (χ1) is 14.5. The average Bonchev–Trinajstić information content (AvgIpc) is 2.99. The molecule has 2 aromatic heterocycles. The fourth-order valence-electron chi connectivity index (χ4n) is 4.48. The lowest BCUT2D eigenvalue weighted by atomic mass is 9.76. The van der Waals surface area contributed by atoms with Gasteiger partial charge < -0.3 is 23.9 Å². The molecule has 31 heavy (non-hydrogen) atoms. The Labute approximate surface area is 183 Å². The molecule has 0 aliphatic carbocycles. The Morgan fingerprint density at radius 3 is 2.45 bits per heavy atom. The third-order valence-electron chi connectivity index (χ3n) is 5.90. The molecule has 1 saturated heterocycles. The molecule has 1 N–H and O–H groups in total. The average molecular weight is 432 g/mol. The van der Waals surface area contributed by atoms with E-state index >= 15 is 0 Å². The summed E-state index contributed by atoms with van der Waals surface area (Å²) in [5, 5.41) is 11.7. The minimum atomic E-state index is -1.21. The van der Waals surface area contributed by atoms with Crippen LogP contribution in [0.3, 0.4) is 0 Å². The van der Waals surface area contributed by atoms with Crippen molar-refractivity contribution in [2.45, 2.75) is 65.6 Å². The standard InChI is InChI=1S/C23H33N3O5/c1-7-30-20(27)19-15(2)18(17-14-24-10-13-26(17)19)23(6,29)16-8-11-25(12-9-16)21(28)31-22(3,4)5/h10,13-14,16,29H,7-9,11-12H2,1-6H3. The second-order valence-electron chi connectivity index (χ2n) is 9.29. The third-order valence-corrected chi connectivity index (χ3v) is 5.90. The maximum absolute atomic E-state index is 12.6. The van der Waals surface area contributed by atoms with E-state index in [1.54, 1.807) is 41.7 Å². The van der Waals surface area contributed by atoms with Gasteiger partial charge in [0.2, 0.25) is 0 Å². The molecule has 170 valence electrons. The Kier molecular flexibility index (Phi) is 6.32. The summed E-state index contributed by atoms with van der Waals surface area (Å²) in [5.74, 6) is -0.519. The van der Waals surface area contributed by atoms with Crippen LogP contribution in [0.1, 0.15) is 69.1 Å². The molecule has 1 fully saturated rings. The van der Waals surface area contributed by atoms with Gasteiger partial charge >= 0.3 is 12.1 Å². The molecule has 1 unspecified atom stereocenters. The Morgan fingerprint density at radius 1 is 1.23 bits per heavy atom. The van der Waals surface area contributed by atoms with Crippen LogP contribution in [0, 0.1) is 12.8 Å². The van der Waals surface area contributed by atoms with Crippen molar-refractivity contribution in [3.05, 3.63) is 35.4 Å². The van der Waals surface area contributed by atoms with Crippen LogP contribution in [-0.4, -0.2) is 56.8 Å². The Hall–Kier alpha value is -2.61. The van der Waals surface area contributed by atoms with Crippen LogP contribution in [0.2, 0.25) is 0 Å². The van der Waals surface area contributed by atoms with Gasteiger partial charge in [-0.3, -0.25) is 4.98 Å². The molecule has 0 aromatic carbocycles. The zero-order valence-corrected chi connectivity index (χ0v) is 19.3. The van der Waals surface area contributed by atoms with Gasteiger partial charge in [-0.1, -0.05) is 0 Å². The van der Waals surface area contributed by atoms with Crippen molar-refractivity contribution >= 4 is 17.6 Å². The number of carbonyl (C=O) groups is 2. The predicted octanol–water partition coefficient (Wildman–Crippen LogP) is 3.67. The van der Waals surface area contributed by atoms with E-state index in [0.29, 0.717) is 48.3 Å². The van der Waals surface area contributed by atoms with E-state index in [4.69, 9.17) is 9.47 Å². The monoisotopic (exact) mass is 431 g/mol. The molecule has 0 saturated carbocycles.